The maximum absolute atomic E-state index is 9.93. The predicted octanol–water partition coefficient (Wildman–Crippen LogP) is 3.31. The Morgan fingerprint density at radius 3 is 1.94 bits per heavy atom. The van der Waals surface area contributed by atoms with Gasteiger partial charge in [-0.2, -0.15) is 0 Å². The minimum Gasteiger partial charge on any atom is -0.506 e. The summed E-state index contributed by atoms with van der Waals surface area (Å²) in [6.45, 7) is 0. The molecule has 2 nitrogen and oxygen atoms in total. The molecule has 0 aliphatic heterocycles. The van der Waals surface area contributed by atoms with E-state index in [1.807, 2.05) is 71.6 Å². The fraction of sp³-hybridized carbons (Fsp3) is 0. The highest BCUT2D eigenvalue weighted by Gasteiger charge is 1.96. The van der Waals surface area contributed by atoms with E-state index in [0.29, 0.717) is 0 Å². The van der Waals surface area contributed by atoms with Gasteiger partial charge in [0, 0.05) is 12.4 Å². The first-order valence-electron chi connectivity index (χ1n) is 5.12. The number of hydrogen-bond acceptors (Lipinski definition) is 1. The Bertz CT molecular complexity index is 502. The highest BCUT2D eigenvalue weighted by molar-refractivity contribution is 5.43. The van der Waals surface area contributed by atoms with Crippen molar-refractivity contribution in [2.24, 2.45) is 0 Å². The first-order valence-corrected chi connectivity index (χ1v) is 5.12. The summed E-state index contributed by atoms with van der Waals surface area (Å²) in [6, 6.07) is 18.7. The third-order valence-electron chi connectivity index (χ3n) is 2.21. The third kappa shape index (κ3) is 2.42. The molecule has 2 heteroatoms. The van der Waals surface area contributed by atoms with Crippen LogP contribution in [-0.4, -0.2) is 9.67 Å². The number of rotatable bonds is 1. The zero-order chi connectivity index (χ0) is 11.2. The molecule has 0 aliphatic carbocycles. The van der Waals surface area contributed by atoms with Crippen LogP contribution >= 0.6 is 0 Å². The minimum atomic E-state index is 0.243. The molecule has 1 heterocycles. The van der Waals surface area contributed by atoms with Gasteiger partial charge in [-0.1, -0.05) is 36.4 Å². The Morgan fingerprint density at radius 2 is 1.25 bits per heavy atom. The van der Waals surface area contributed by atoms with E-state index >= 15 is 0 Å². The number of nitrogens with zero attached hydrogens (tertiary/aromatic N) is 1. The van der Waals surface area contributed by atoms with Gasteiger partial charge in [-0.15, -0.1) is 0 Å². The van der Waals surface area contributed by atoms with E-state index in [-0.39, 0.29) is 5.75 Å². The van der Waals surface area contributed by atoms with Crippen molar-refractivity contribution < 1.29 is 5.11 Å². The van der Waals surface area contributed by atoms with Gasteiger partial charge in [0.2, 0.25) is 0 Å². The average Bonchev–Trinajstić information content (AvgIpc) is 2.80. The van der Waals surface area contributed by atoms with Crippen molar-refractivity contribution in [2.75, 3.05) is 0 Å². The van der Waals surface area contributed by atoms with Gasteiger partial charge in [0.1, 0.15) is 5.75 Å². The normalized spacial score (nSPS) is 9.50. The second-order valence-electron chi connectivity index (χ2n) is 3.35. The second kappa shape index (κ2) is 5.03. The van der Waals surface area contributed by atoms with Crippen LogP contribution in [0.4, 0.5) is 0 Å². The zero-order valence-electron chi connectivity index (χ0n) is 8.82. The smallest absolute Gasteiger partial charge is 0.139 e. The van der Waals surface area contributed by atoms with Crippen LogP contribution in [0.15, 0.2) is 73.1 Å². The van der Waals surface area contributed by atoms with Crippen LogP contribution in [0, 0.1) is 0 Å². The third-order valence-corrected chi connectivity index (χ3v) is 2.21. The molecule has 0 bridgehead atoms. The molecule has 0 unspecified atom stereocenters. The largest absolute Gasteiger partial charge is 0.506 e. The predicted molar refractivity (Wildman–Crippen MR) is 65.1 cm³/mol. The molecule has 16 heavy (non-hydrogen) atoms. The molecule has 80 valence electrons. The van der Waals surface area contributed by atoms with E-state index in [1.54, 1.807) is 6.07 Å². The monoisotopic (exact) mass is 211 g/mol. The number of hydrogen-bond donors (Lipinski definition) is 1. The molecular formula is C14H13NO. The number of aromatic nitrogens is 1. The molecule has 0 fully saturated rings. The second-order valence-corrected chi connectivity index (χ2v) is 3.35. The Balaban J connectivity index is 2.61. The molecule has 0 radical (unpaired) electrons. The highest BCUT2D eigenvalue weighted by atomic mass is 16.3. The quantitative estimate of drug-likeness (QED) is 0.769. The molecule has 2 aromatic rings. The molecule has 1 aromatic carbocycles. The van der Waals surface area contributed by atoms with Crippen molar-refractivity contribution in [1.29, 1.82) is 0 Å². The van der Waals surface area contributed by atoms with Gasteiger partial charge >= 0.3 is 0 Å². The lowest BCUT2D eigenvalue weighted by Gasteiger charge is -2.02. The van der Waals surface area contributed by atoms with Crippen molar-refractivity contribution in [1.82, 2.24) is 4.57 Å². The molecule has 0 amide bonds. The summed E-state index contributed by atoms with van der Waals surface area (Å²) in [5, 5.41) is 9.93. The Morgan fingerprint density at radius 1 is 0.688 bits per heavy atom. The Labute approximate surface area is 94.7 Å². The zero-order valence-corrected chi connectivity index (χ0v) is 8.82. The van der Waals surface area contributed by atoms with E-state index in [0.717, 1.165) is 5.69 Å². The van der Waals surface area contributed by atoms with Gasteiger partial charge in [0.05, 0.1) is 5.69 Å². The fourth-order valence-corrected chi connectivity index (χ4v) is 1.43. The Hall–Kier alpha value is -2.22. The van der Waals surface area contributed by atoms with Gasteiger partial charge < -0.3 is 9.67 Å². The summed E-state index contributed by atoms with van der Waals surface area (Å²) < 4.78 is 1.87. The lowest BCUT2D eigenvalue weighted by molar-refractivity contribution is 0.473. The van der Waals surface area contributed by atoms with E-state index < -0.39 is 0 Å². The summed E-state index contributed by atoms with van der Waals surface area (Å²) >= 11 is 0. The highest BCUT2D eigenvalue weighted by Crippen LogP contribution is 2.18. The van der Waals surface area contributed by atoms with Crippen LogP contribution < -0.4 is 0 Å². The number of aromatic hydroxyl groups is 1. The summed E-state index contributed by atoms with van der Waals surface area (Å²) in [5.41, 5.74) is 0.751. The van der Waals surface area contributed by atoms with Crippen molar-refractivity contribution in [3.8, 4) is 11.4 Å². The summed E-state index contributed by atoms with van der Waals surface area (Å²) in [4.78, 5) is 0. The summed E-state index contributed by atoms with van der Waals surface area (Å²) in [5.74, 6) is 0.243. The molecule has 0 atom stereocenters. The molecule has 1 N–H and O–H groups in total. The van der Waals surface area contributed by atoms with Crippen LogP contribution in [0.5, 0.6) is 5.75 Å². The van der Waals surface area contributed by atoms with Crippen molar-refractivity contribution in [3.63, 3.8) is 0 Å². The van der Waals surface area contributed by atoms with Crippen molar-refractivity contribution >= 4 is 0 Å². The van der Waals surface area contributed by atoms with E-state index in [9.17, 15) is 5.11 Å². The van der Waals surface area contributed by atoms with Gasteiger partial charge in [0.15, 0.2) is 0 Å². The van der Waals surface area contributed by atoms with Crippen LogP contribution in [0.3, 0.4) is 0 Å². The van der Waals surface area contributed by atoms with Crippen molar-refractivity contribution in [2.45, 2.75) is 0 Å². The van der Waals surface area contributed by atoms with E-state index in [2.05, 4.69) is 0 Å². The van der Waals surface area contributed by atoms with Crippen LogP contribution in [0.25, 0.3) is 5.69 Å². The average molecular weight is 211 g/mol. The molecule has 1 aromatic heterocycles. The van der Waals surface area contributed by atoms with Gasteiger partial charge in [-0.05, 0) is 24.3 Å². The standard InChI is InChI=1S/C14H13NO/c16-14-10-6-4-2-1-3-5-9-13(14)15-11-7-8-12-15/h1-12,16H. The maximum atomic E-state index is 9.93. The molecule has 0 saturated heterocycles. The Kier molecular flexibility index (Phi) is 3.24. The van der Waals surface area contributed by atoms with E-state index in [1.165, 1.54) is 0 Å². The molecule has 0 saturated carbocycles. The van der Waals surface area contributed by atoms with Crippen molar-refractivity contribution in [3.05, 3.63) is 73.1 Å². The topological polar surface area (TPSA) is 25.2 Å². The SMILES string of the molecule is Oc1ccccccccc1-n1cccc1. The fourth-order valence-electron chi connectivity index (χ4n) is 1.43. The lowest BCUT2D eigenvalue weighted by Crippen LogP contribution is -1.87. The van der Waals surface area contributed by atoms with Crippen LogP contribution in [0.2, 0.25) is 0 Å². The minimum absolute atomic E-state index is 0.243. The van der Waals surface area contributed by atoms with Crippen LogP contribution in [0.1, 0.15) is 0 Å². The first-order chi connectivity index (χ1) is 7.88. The lowest BCUT2D eigenvalue weighted by atomic mass is 10.3. The van der Waals surface area contributed by atoms with Crippen LogP contribution in [-0.2, 0) is 0 Å². The van der Waals surface area contributed by atoms with E-state index in [4.69, 9.17) is 0 Å². The maximum Gasteiger partial charge on any atom is 0.139 e. The first kappa shape index (κ1) is 10.3. The van der Waals surface area contributed by atoms with Gasteiger partial charge in [0.25, 0.3) is 0 Å². The summed E-state index contributed by atoms with van der Waals surface area (Å²) in [7, 11) is 0. The van der Waals surface area contributed by atoms with Gasteiger partial charge in [-0.25, -0.2) is 0 Å². The molecule has 0 aliphatic rings. The summed E-state index contributed by atoms with van der Waals surface area (Å²) in [6.07, 6.45) is 3.80. The molecule has 0 spiro atoms. The van der Waals surface area contributed by atoms with Gasteiger partial charge in [-0.3, -0.25) is 0 Å². The molecule has 2 rings (SSSR count). The molecular weight excluding hydrogens is 198 g/mol.